The Kier molecular flexibility index (Phi) is 23.8. The second-order valence-electron chi connectivity index (χ2n) is 28.5. The minimum Gasteiger partial charge on any atom is -0.486 e. The first-order chi connectivity index (χ1) is 45.8. The van der Waals surface area contributed by atoms with Gasteiger partial charge >= 0.3 is 6.09 Å². The highest BCUT2D eigenvalue weighted by Gasteiger charge is 2.46. The lowest BCUT2D eigenvalue weighted by Gasteiger charge is -2.43. The summed E-state index contributed by atoms with van der Waals surface area (Å²) in [4.78, 5) is 92.1. The van der Waals surface area contributed by atoms with E-state index in [4.69, 9.17) is 30.4 Å². The first kappa shape index (κ1) is 71.6. The number of nitrogen functional groups attached to an aromatic ring is 1. The first-order valence-electron chi connectivity index (χ1n) is 34.6. The molecular formula is C79H101N7O10. The second-order valence-corrected chi connectivity index (χ2v) is 28.5. The number of imide groups is 1. The van der Waals surface area contributed by atoms with Gasteiger partial charge in [-0.15, -0.1) is 0 Å². The highest BCUT2D eigenvalue weighted by molar-refractivity contribution is 6.08. The minimum atomic E-state index is -1.03. The van der Waals surface area contributed by atoms with Crippen LogP contribution in [-0.2, 0) is 58.2 Å². The Morgan fingerprint density at radius 1 is 0.469 bits per heavy atom. The second kappa shape index (κ2) is 31.9. The molecule has 0 heterocycles. The van der Waals surface area contributed by atoms with Crippen LogP contribution in [0.4, 0.5) is 27.5 Å². The van der Waals surface area contributed by atoms with Crippen molar-refractivity contribution in [3.8, 4) is 17.2 Å². The maximum absolute atomic E-state index is 16.0. The van der Waals surface area contributed by atoms with Crippen molar-refractivity contribution in [3.05, 3.63) is 172 Å². The van der Waals surface area contributed by atoms with Gasteiger partial charge in [0, 0.05) is 35.9 Å². The fraction of sp³-hybridized carbons (Fsp3) is 0.468. The molecule has 17 nitrogen and oxygen atoms in total. The smallest absolute Gasteiger partial charge is 0.417 e. The average molecular weight is 1310 g/mol. The Balaban J connectivity index is 1.02. The highest BCUT2D eigenvalue weighted by atomic mass is 16.6. The van der Waals surface area contributed by atoms with Crippen molar-refractivity contribution in [2.75, 3.05) is 21.7 Å². The molecule has 3 aliphatic rings. The molecule has 6 aromatic carbocycles. The number of rotatable bonds is 22. The molecule has 0 aliphatic heterocycles. The number of hydrogen-bond acceptors (Lipinski definition) is 12. The number of benzene rings is 6. The van der Waals surface area contributed by atoms with E-state index in [-0.39, 0.29) is 114 Å². The maximum Gasteiger partial charge on any atom is 0.417 e. The van der Waals surface area contributed by atoms with Gasteiger partial charge in [-0.2, -0.15) is 0 Å². The summed E-state index contributed by atoms with van der Waals surface area (Å²) in [5.74, 6) is -3.24. The molecular weight excluding hydrogens is 1210 g/mol. The van der Waals surface area contributed by atoms with Crippen molar-refractivity contribution < 1.29 is 47.7 Å². The van der Waals surface area contributed by atoms with Crippen molar-refractivity contribution >= 4 is 58.4 Å². The fourth-order valence-electron chi connectivity index (χ4n) is 14.3. The normalized spacial score (nSPS) is 23.3. The highest BCUT2D eigenvalue weighted by Crippen LogP contribution is 2.44. The molecule has 8 N–H and O–H groups in total. The van der Waals surface area contributed by atoms with Gasteiger partial charge in [0.25, 0.3) is 11.8 Å². The van der Waals surface area contributed by atoms with E-state index in [0.717, 1.165) is 44.7 Å². The van der Waals surface area contributed by atoms with Crippen LogP contribution in [0.2, 0.25) is 0 Å². The van der Waals surface area contributed by atoms with Crippen molar-refractivity contribution in [1.29, 1.82) is 0 Å². The van der Waals surface area contributed by atoms with E-state index < -0.39 is 53.3 Å². The van der Waals surface area contributed by atoms with Crippen molar-refractivity contribution in [2.24, 2.45) is 59.0 Å². The van der Waals surface area contributed by atoms with Crippen LogP contribution in [-0.4, -0.2) is 64.3 Å². The van der Waals surface area contributed by atoms with Crippen LogP contribution in [0.1, 0.15) is 176 Å². The molecule has 17 heteroatoms. The van der Waals surface area contributed by atoms with Crippen LogP contribution >= 0.6 is 0 Å². The number of carbonyl (C=O) groups excluding carboxylic acids is 6. The average Bonchev–Trinajstić information content (AvgIpc) is 0.758. The van der Waals surface area contributed by atoms with Crippen LogP contribution in [0.3, 0.4) is 0 Å². The third kappa shape index (κ3) is 17.7. The zero-order valence-corrected chi connectivity index (χ0v) is 58.2. The van der Waals surface area contributed by atoms with E-state index in [9.17, 15) is 9.59 Å². The van der Waals surface area contributed by atoms with Crippen molar-refractivity contribution in [3.63, 3.8) is 0 Å². The molecule has 6 aromatic rings. The molecule has 0 saturated heterocycles. The van der Waals surface area contributed by atoms with Crippen molar-refractivity contribution in [2.45, 2.75) is 184 Å². The summed E-state index contributed by atoms with van der Waals surface area (Å²) in [7, 11) is 0. The lowest BCUT2D eigenvalue weighted by Crippen LogP contribution is -2.54. The van der Waals surface area contributed by atoms with Gasteiger partial charge in [0.05, 0.1) is 33.9 Å². The number of nitrogens with one attached hydrogen (secondary N) is 4. The molecule has 0 bridgehead atoms. The van der Waals surface area contributed by atoms with Crippen LogP contribution in [0.25, 0.3) is 0 Å². The minimum absolute atomic E-state index is 0.0135. The first-order valence-corrected chi connectivity index (χ1v) is 34.6. The molecule has 3 aliphatic carbocycles. The SMILES string of the molecule is CCc1cc(N)c(OCc2ccccc2)c(NC(=O)[C@@H]2C[C@H](NC(=O)c3cc(CC)cc(NC(=O)[C@H]4C[C@@H](N(C(=O)OC(C)(C)C)C(=O)c5cc(CC)cc(NC(=O)[C@@H]6C[C@H](N)[C@@H](C)C[C@H]6C)c5OCc5ccccc5)[C@H](C)C[C@@H]4C)c3OCc3ccccc3)[C@@H](C)C[C@H]2C)c1. The maximum atomic E-state index is 16.0. The topological polar surface area (TPSA) is 243 Å². The van der Waals surface area contributed by atoms with E-state index >= 15 is 19.2 Å². The summed E-state index contributed by atoms with van der Waals surface area (Å²) >= 11 is 0. The lowest BCUT2D eigenvalue weighted by molar-refractivity contribution is -0.124. The van der Waals surface area contributed by atoms with Gasteiger partial charge in [-0.1, -0.05) is 153 Å². The molecule has 12 atom stereocenters. The summed E-state index contributed by atoms with van der Waals surface area (Å²) in [6.07, 6.45) is 3.59. The number of anilines is 4. The molecule has 0 aromatic heterocycles. The van der Waals surface area contributed by atoms with E-state index in [0.29, 0.717) is 67.8 Å². The van der Waals surface area contributed by atoms with Gasteiger partial charge in [-0.3, -0.25) is 24.0 Å². The number of carbonyl (C=O) groups is 6. The third-order valence-electron chi connectivity index (χ3n) is 20.0. The van der Waals surface area contributed by atoms with Gasteiger partial charge in [-0.25, -0.2) is 9.69 Å². The van der Waals surface area contributed by atoms with Crippen molar-refractivity contribution in [1.82, 2.24) is 10.2 Å². The molecule has 0 radical (unpaired) electrons. The zero-order chi connectivity index (χ0) is 69.1. The summed E-state index contributed by atoms with van der Waals surface area (Å²) in [6.45, 7) is 23.8. The molecule has 512 valence electrons. The molecule has 9 rings (SSSR count). The van der Waals surface area contributed by atoms with Crippen LogP contribution in [0.5, 0.6) is 17.2 Å². The number of amides is 6. The molecule has 6 amide bonds. The Labute approximate surface area is 567 Å². The van der Waals surface area contributed by atoms with E-state index in [1.807, 2.05) is 150 Å². The number of nitrogens with two attached hydrogens (primary N) is 2. The quantitative estimate of drug-likeness (QED) is 0.0348. The van der Waals surface area contributed by atoms with Gasteiger partial charge < -0.3 is 51.7 Å². The lowest BCUT2D eigenvalue weighted by atomic mass is 9.71. The molecule has 96 heavy (non-hydrogen) atoms. The van der Waals surface area contributed by atoms with Gasteiger partial charge in [0.2, 0.25) is 17.7 Å². The summed E-state index contributed by atoms with van der Waals surface area (Å²) < 4.78 is 25.8. The van der Waals surface area contributed by atoms with Crippen LogP contribution < -0.4 is 46.9 Å². The Hall–Kier alpha value is -8.70. The standard InChI is InChI=1S/C79H101N7O10/c1-13-52-34-61(76(90)82-65-41-59(47(5)32-50(65)8)74(88)85-68-39-54(15-3)36-64(81)72(68)95-45-57-29-23-18-24-30-57)70(93-43-55-25-19-16-20-26-55)66(37-52)83-75(89)60-42-69(51(9)33-48(60)6)86(78(92)96-79(10,11)12)77(91)62-35-53(14-2)38-67(71(62)94-44-56-27-21-17-22-28-56)84-73(87)58-40-63(80)49(7)31-46(58)4/h16-30,34-39,46-51,58-60,63,65,69H,13-15,31-33,40-45,80-81H2,1-12H3,(H,82,90)(H,83,89)(H,84,87)(H,85,88)/t46-,47-,48+,49+,50+,51-,58-,59-,60+,63+,65+,69-/m1/s1. The Bertz CT molecular complexity index is 3710. The molecule has 0 unspecified atom stereocenters. The number of nitrogens with zero attached hydrogens (tertiary/aromatic N) is 1. The fourth-order valence-corrected chi connectivity index (χ4v) is 14.3. The zero-order valence-electron chi connectivity index (χ0n) is 58.2. The Morgan fingerprint density at radius 3 is 1.33 bits per heavy atom. The van der Waals surface area contributed by atoms with Crippen LogP contribution in [0, 0.1) is 53.3 Å². The number of ether oxygens (including phenoxy) is 4. The van der Waals surface area contributed by atoms with E-state index in [1.165, 1.54) is 0 Å². The molecule has 3 saturated carbocycles. The predicted octanol–water partition coefficient (Wildman–Crippen LogP) is 15.1. The van der Waals surface area contributed by atoms with Gasteiger partial charge in [0.15, 0.2) is 17.2 Å². The van der Waals surface area contributed by atoms with Gasteiger partial charge in [0.1, 0.15) is 25.4 Å². The molecule has 3 fully saturated rings. The monoisotopic (exact) mass is 1310 g/mol. The molecule has 0 spiro atoms. The summed E-state index contributed by atoms with van der Waals surface area (Å²) in [5.41, 5.74) is 19.0. The third-order valence-corrected chi connectivity index (χ3v) is 20.0. The number of hydrogen-bond donors (Lipinski definition) is 6. The largest absolute Gasteiger partial charge is 0.486 e. The van der Waals surface area contributed by atoms with Crippen LogP contribution in [0.15, 0.2) is 127 Å². The van der Waals surface area contributed by atoms with Gasteiger partial charge in [-0.05, 0) is 184 Å². The predicted molar refractivity (Wildman–Crippen MR) is 379 cm³/mol. The van der Waals surface area contributed by atoms with E-state index in [2.05, 4.69) is 49.0 Å². The Morgan fingerprint density at radius 2 is 0.865 bits per heavy atom. The summed E-state index contributed by atoms with van der Waals surface area (Å²) in [6, 6.07) is 38.3. The van der Waals surface area contributed by atoms with E-state index in [1.54, 1.807) is 32.9 Å². The number of aryl methyl sites for hydroxylation is 3. The summed E-state index contributed by atoms with van der Waals surface area (Å²) in [5, 5.41) is 12.9.